The normalized spacial score (nSPS) is 12.2. The Hall–Kier alpha value is -2.37. The highest BCUT2D eigenvalue weighted by Gasteiger charge is 2.19. The molecule has 0 aromatic carbocycles. The van der Waals surface area contributed by atoms with E-state index >= 15 is 0 Å². The van der Waals surface area contributed by atoms with Gasteiger partial charge in [0, 0.05) is 19.4 Å². The lowest BCUT2D eigenvalue weighted by Gasteiger charge is -2.25. The summed E-state index contributed by atoms with van der Waals surface area (Å²) in [7, 11) is 1.79. The van der Waals surface area contributed by atoms with Crippen LogP contribution in [0.1, 0.15) is 29.9 Å². The zero-order valence-corrected chi connectivity index (χ0v) is 12.9. The Morgan fingerprint density at radius 1 is 1.38 bits per heavy atom. The maximum Gasteiger partial charge on any atom is 0.244 e. The lowest BCUT2D eigenvalue weighted by molar-refractivity contribution is -0.132. The Morgan fingerprint density at radius 3 is 2.52 bits per heavy atom. The molecule has 2 aromatic rings. The molecule has 0 saturated carbocycles. The van der Waals surface area contributed by atoms with Crippen LogP contribution in [-0.4, -0.2) is 32.6 Å². The van der Waals surface area contributed by atoms with E-state index in [0.717, 1.165) is 17.0 Å². The minimum atomic E-state index is -0.0187. The Kier molecular flexibility index (Phi) is 4.26. The molecule has 1 amide bonds. The van der Waals surface area contributed by atoms with Crippen LogP contribution in [0.15, 0.2) is 24.5 Å². The standard InChI is InChI=1S/C15H21N5O/c1-10-15(16)12(3)20(18-10)9-14(21)19(4)11(2)13-5-7-17-8-6-13/h5-8,11H,9,16H2,1-4H3. The summed E-state index contributed by atoms with van der Waals surface area (Å²) in [6.07, 6.45) is 3.46. The van der Waals surface area contributed by atoms with E-state index < -0.39 is 0 Å². The van der Waals surface area contributed by atoms with Crippen LogP contribution in [0.25, 0.3) is 0 Å². The molecule has 0 spiro atoms. The van der Waals surface area contributed by atoms with Crippen molar-refractivity contribution in [2.45, 2.75) is 33.4 Å². The molecule has 112 valence electrons. The fraction of sp³-hybridized carbons (Fsp3) is 0.400. The van der Waals surface area contributed by atoms with Crippen molar-refractivity contribution in [2.24, 2.45) is 0 Å². The summed E-state index contributed by atoms with van der Waals surface area (Å²) in [6.45, 7) is 5.89. The monoisotopic (exact) mass is 287 g/mol. The lowest BCUT2D eigenvalue weighted by Crippen LogP contribution is -2.33. The number of rotatable bonds is 4. The number of pyridine rings is 1. The van der Waals surface area contributed by atoms with Crippen molar-refractivity contribution in [3.05, 3.63) is 41.5 Å². The van der Waals surface area contributed by atoms with Gasteiger partial charge < -0.3 is 10.6 Å². The van der Waals surface area contributed by atoms with E-state index in [9.17, 15) is 4.79 Å². The van der Waals surface area contributed by atoms with Crippen molar-refractivity contribution in [2.75, 3.05) is 12.8 Å². The molecule has 2 N–H and O–H groups in total. The topological polar surface area (TPSA) is 77.0 Å². The SMILES string of the molecule is Cc1nn(CC(=O)N(C)C(C)c2ccncc2)c(C)c1N. The smallest absolute Gasteiger partial charge is 0.244 e. The average molecular weight is 287 g/mol. The largest absolute Gasteiger partial charge is 0.396 e. The summed E-state index contributed by atoms with van der Waals surface area (Å²) in [4.78, 5) is 18.1. The highest BCUT2D eigenvalue weighted by atomic mass is 16.2. The van der Waals surface area contributed by atoms with Gasteiger partial charge in [0.15, 0.2) is 0 Å². The quantitative estimate of drug-likeness (QED) is 0.928. The van der Waals surface area contributed by atoms with Crippen molar-refractivity contribution < 1.29 is 4.79 Å². The molecule has 6 nitrogen and oxygen atoms in total. The molecule has 0 aliphatic carbocycles. The molecule has 1 unspecified atom stereocenters. The molecule has 0 fully saturated rings. The van der Waals surface area contributed by atoms with Gasteiger partial charge in [-0.1, -0.05) is 0 Å². The molecule has 2 aromatic heterocycles. The van der Waals surface area contributed by atoms with Crippen LogP contribution in [0.2, 0.25) is 0 Å². The van der Waals surface area contributed by atoms with Crippen LogP contribution >= 0.6 is 0 Å². The first-order valence-corrected chi connectivity index (χ1v) is 6.87. The fourth-order valence-electron chi connectivity index (χ4n) is 2.19. The number of aromatic nitrogens is 3. The first-order chi connectivity index (χ1) is 9.91. The Morgan fingerprint density at radius 2 is 2.00 bits per heavy atom. The van der Waals surface area contributed by atoms with Gasteiger partial charge >= 0.3 is 0 Å². The van der Waals surface area contributed by atoms with Gasteiger partial charge in [-0.25, -0.2) is 0 Å². The molecule has 0 saturated heterocycles. The number of nitrogens with zero attached hydrogens (tertiary/aromatic N) is 4. The van der Waals surface area contributed by atoms with Crippen molar-refractivity contribution >= 4 is 11.6 Å². The Labute approximate surface area is 124 Å². The summed E-state index contributed by atoms with van der Waals surface area (Å²) >= 11 is 0. The summed E-state index contributed by atoms with van der Waals surface area (Å²) in [6, 6.07) is 3.81. The van der Waals surface area contributed by atoms with Gasteiger partial charge in [0.2, 0.25) is 5.91 Å². The van der Waals surface area contributed by atoms with E-state index in [1.165, 1.54) is 0 Å². The number of carbonyl (C=O) groups is 1. The third-order valence-corrected chi connectivity index (χ3v) is 3.89. The molecule has 1 atom stereocenters. The highest BCUT2D eigenvalue weighted by Crippen LogP contribution is 2.19. The fourth-order valence-corrected chi connectivity index (χ4v) is 2.19. The van der Waals surface area contributed by atoms with Gasteiger partial charge in [0.25, 0.3) is 0 Å². The van der Waals surface area contributed by atoms with Gasteiger partial charge in [-0.2, -0.15) is 5.10 Å². The molecular formula is C15H21N5O. The van der Waals surface area contributed by atoms with Crippen LogP contribution in [0.3, 0.4) is 0 Å². The molecule has 0 aliphatic rings. The average Bonchev–Trinajstić information content (AvgIpc) is 2.74. The van der Waals surface area contributed by atoms with Gasteiger partial charge in [-0.3, -0.25) is 14.5 Å². The third kappa shape index (κ3) is 3.04. The second-order valence-corrected chi connectivity index (χ2v) is 5.20. The van der Waals surface area contributed by atoms with E-state index in [1.54, 1.807) is 29.0 Å². The first kappa shape index (κ1) is 15.0. The number of hydrogen-bond acceptors (Lipinski definition) is 4. The molecule has 0 bridgehead atoms. The highest BCUT2D eigenvalue weighted by molar-refractivity contribution is 5.76. The number of hydrogen-bond donors (Lipinski definition) is 1. The van der Waals surface area contributed by atoms with Gasteiger partial charge in [-0.05, 0) is 38.5 Å². The van der Waals surface area contributed by atoms with Gasteiger partial charge in [-0.15, -0.1) is 0 Å². The molecule has 2 rings (SSSR count). The van der Waals surface area contributed by atoms with Crippen LogP contribution in [0.4, 0.5) is 5.69 Å². The third-order valence-electron chi connectivity index (χ3n) is 3.89. The van der Waals surface area contributed by atoms with Crippen LogP contribution < -0.4 is 5.73 Å². The summed E-state index contributed by atoms with van der Waals surface area (Å²) in [5.41, 5.74) is 9.17. The van der Waals surface area contributed by atoms with Crippen LogP contribution in [-0.2, 0) is 11.3 Å². The molecule has 6 heteroatoms. The minimum absolute atomic E-state index is 0.00934. The van der Waals surface area contributed by atoms with Gasteiger partial charge in [0.1, 0.15) is 6.54 Å². The van der Waals surface area contributed by atoms with E-state index in [-0.39, 0.29) is 18.5 Å². The number of aryl methyl sites for hydroxylation is 1. The zero-order valence-electron chi connectivity index (χ0n) is 12.9. The minimum Gasteiger partial charge on any atom is -0.396 e. The van der Waals surface area contributed by atoms with Crippen molar-refractivity contribution in [1.82, 2.24) is 19.7 Å². The lowest BCUT2D eigenvalue weighted by atomic mass is 10.1. The number of nitrogen functional groups attached to an aromatic ring is 1. The van der Waals surface area contributed by atoms with E-state index in [4.69, 9.17) is 5.73 Å². The van der Waals surface area contributed by atoms with E-state index in [1.807, 2.05) is 32.9 Å². The molecular weight excluding hydrogens is 266 g/mol. The second-order valence-electron chi connectivity index (χ2n) is 5.20. The van der Waals surface area contributed by atoms with Crippen molar-refractivity contribution in [3.8, 4) is 0 Å². The van der Waals surface area contributed by atoms with E-state index in [2.05, 4.69) is 10.1 Å². The van der Waals surface area contributed by atoms with Crippen molar-refractivity contribution in [1.29, 1.82) is 0 Å². The molecule has 0 radical (unpaired) electrons. The predicted molar refractivity (Wildman–Crippen MR) is 81.5 cm³/mol. The Bertz CT molecular complexity index is 635. The second kappa shape index (κ2) is 5.95. The summed E-state index contributed by atoms with van der Waals surface area (Å²) in [5, 5.41) is 4.30. The van der Waals surface area contributed by atoms with Crippen LogP contribution in [0.5, 0.6) is 0 Å². The molecule has 0 aliphatic heterocycles. The number of anilines is 1. The summed E-state index contributed by atoms with van der Waals surface area (Å²) in [5.74, 6) is -0.00934. The number of carbonyl (C=O) groups excluding carboxylic acids is 1. The first-order valence-electron chi connectivity index (χ1n) is 6.87. The number of amides is 1. The maximum atomic E-state index is 12.4. The van der Waals surface area contributed by atoms with E-state index in [0.29, 0.717) is 5.69 Å². The zero-order chi connectivity index (χ0) is 15.6. The summed E-state index contributed by atoms with van der Waals surface area (Å²) < 4.78 is 1.66. The van der Waals surface area contributed by atoms with Crippen molar-refractivity contribution in [3.63, 3.8) is 0 Å². The van der Waals surface area contributed by atoms with Gasteiger partial charge in [0.05, 0.1) is 23.1 Å². The predicted octanol–water partition coefficient (Wildman–Crippen LogP) is 1.70. The number of nitrogens with two attached hydrogens (primary N) is 1. The Balaban J connectivity index is 2.11. The maximum absolute atomic E-state index is 12.4. The number of likely N-dealkylation sites (N-methyl/N-ethyl adjacent to an activating group) is 1. The van der Waals surface area contributed by atoms with Crippen LogP contribution in [0, 0.1) is 13.8 Å². The molecule has 2 heterocycles. The molecule has 21 heavy (non-hydrogen) atoms.